The smallest absolute Gasteiger partial charge is 0.410 e. The van der Waals surface area contributed by atoms with Gasteiger partial charge < -0.3 is 4.74 Å². The Morgan fingerprint density at radius 2 is 2.06 bits per heavy atom. The number of ether oxygens (including phenoxy) is 1. The van der Waals surface area contributed by atoms with Gasteiger partial charge in [0.2, 0.25) is 0 Å². The average molecular weight is 304 g/mol. The predicted octanol–water partition coefficient (Wildman–Crippen LogP) is 2.21. The molecule has 1 aliphatic carbocycles. The van der Waals surface area contributed by atoms with E-state index in [9.17, 15) is 9.59 Å². The number of likely N-dealkylation sites (tertiary alicyclic amines) is 1. The van der Waals surface area contributed by atoms with Crippen LogP contribution in [-0.4, -0.2) is 40.3 Å². The molecule has 3 unspecified atom stereocenters. The number of nitrogens with zero attached hydrogens (tertiary/aromatic N) is 1. The maximum atomic E-state index is 12.0. The summed E-state index contributed by atoms with van der Waals surface area (Å²) in [6.07, 6.45) is 0.715. The van der Waals surface area contributed by atoms with Crippen molar-refractivity contribution in [3.05, 3.63) is 0 Å². The van der Waals surface area contributed by atoms with Crippen LogP contribution >= 0.6 is 15.9 Å². The number of alkyl halides is 1. The second-order valence-corrected chi connectivity index (χ2v) is 6.40. The van der Waals surface area contributed by atoms with E-state index in [0.29, 0.717) is 23.7 Å². The highest BCUT2D eigenvalue weighted by molar-refractivity contribution is 9.09. The number of hydrogen-bond acceptors (Lipinski definition) is 3. The molecule has 0 bridgehead atoms. The fourth-order valence-electron chi connectivity index (χ4n) is 2.47. The summed E-state index contributed by atoms with van der Waals surface area (Å²) in [6, 6.07) is -0.269. The van der Waals surface area contributed by atoms with Crippen molar-refractivity contribution < 1.29 is 14.3 Å². The number of carbonyl (C=O) groups is 2. The summed E-state index contributed by atoms with van der Waals surface area (Å²) < 4.78 is 5.33. The van der Waals surface area contributed by atoms with Gasteiger partial charge in [0, 0.05) is 6.54 Å². The Morgan fingerprint density at radius 3 is 2.59 bits per heavy atom. The molecule has 5 heteroatoms. The van der Waals surface area contributed by atoms with Crippen molar-refractivity contribution in [1.29, 1.82) is 0 Å². The summed E-state index contributed by atoms with van der Waals surface area (Å²) in [5.41, 5.74) is -0.508. The summed E-state index contributed by atoms with van der Waals surface area (Å²) in [5.74, 6) is 0.962. The summed E-state index contributed by atoms with van der Waals surface area (Å²) in [4.78, 5) is 25.4. The third-order valence-corrected chi connectivity index (χ3v) is 3.79. The van der Waals surface area contributed by atoms with Crippen LogP contribution in [0.3, 0.4) is 0 Å². The molecule has 1 saturated heterocycles. The Kier molecular flexibility index (Phi) is 3.23. The van der Waals surface area contributed by atoms with Crippen LogP contribution in [0.1, 0.15) is 27.2 Å². The van der Waals surface area contributed by atoms with Crippen LogP contribution in [0.5, 0.6) is 0 Å². The van der Waals surface area contributed by atoms with Crippen LogP contribution < -0.4 is 0 Å². The predicted molar refractivity (Wildman–Crippen MR) is 67.1 cm³/mol. The van der Waals surface area contributed by atoms with Gasteiger partial charge in [0.25, 0.3) is 0 Å². The molecule has 1 heterocycles. The van der Waals surface area contributed by atoms with E-state index in [1.54, 1.807) is 4.90 Å². The minimum absolute atomic E-state index is 0.0841. The molecule has 2 aliphatic rings. The molecular weight excluding hydrogens is 286 g/mol. The van der Waals surface area contributed by atoms with E-state index in [1.807, 2.05) is 20.8 Å². The number of fused-ring (bicyclic) bond motifs is 1. The molecule has 3 atom stereocenters. The summed E-state index contributed by atoms with van der Waals surface area (Å²) in [5, 5.41) is 0.306. The molecule has 96 valence electrons. The number of Topliss-reactive ketones (excluding diaryl/α,β-unsaturated/α-hetero) is 1. The van der Waals surface area contributed by atoms with Crippen molar-refractivity contribution in [1.82, 2.24) is 4.90 Å². The van der Waals surface area contributed by atoms with E-state index >= 15 is 0 Å². The highest BCUT2D eigenvalue weighted by Crippen LogP contribution is 2.50. The molecule has 1 amide bonds. The first-order chi connectivity index (χ1) is 7.83. The van der Waals surface area contributed by atoms with Gasteiger partial charge in [-0.3, -0.25) is 9.69 Å². The molecule has 0 aromatic heterocycles. The Balaban J connectivity index is 2.05. The Bertz CT molecular complexity index is 350. The quantitative estimate of drug-likeness (QED) is 0.735. The second-order valence-electron chi connectivity index (χ2n) is 5.84. The van der Waals surface area contributed by atoms with Crippen molar-refractivity contribution in [3.8, 4) is 0 Å². The molecule has 0 aromatic rings. The molecule has 4 nitrogen and oxygen atoms in total. The summed E-state index contributed by atoms with van der Waals surface area (Å²) in [6.45, 7) is 6.18. The van der Waals surface area contributed by atoms with Crippen LogP contribution in [-0.2, 0) is 9.53 Å². The van der Waals surface area contributed by atoms with Crippen LogP contribution in [0.2, 0.25) is 0 Å². The maximum absolute atomic E-state index is 12.0. The SMILES string of the molecule is CC(C)(C)OC(=O)N1CC2CC2C1C(=O)CBr. The number of rotatable bonds is 2. The fourth-order valence-corrected chi connectivity index (χ4v) is 2.80. The minimum atomic E-state index is -0.508. The van der Waals surface area contributed by atoms with E-state index in [0.717, 1.165) is 6.42 Å². The van der Waals surface area contributed by atoms with Gasteiger partial charge >= 0.3 is 6.09 Å². The molecular formula is C12H18BrNO3. The van der Waals surface area contributed by atoms with E-state index in [2.05, 4.69) is 15.9 Å². The Labute approximate surface area is 110 Å². The third-order valence-electron chi connectivity index (χ3n) is 3.24. The largest absolute Gasteiger partial charge is 0.444 e. The molecule has 2 rings (SSSR count). The lowest BCUT2D eigenvalue weighted by Gasteiger charge is -2.29. The highest BCUT2D eigenvalue weighted by Gasteiger charge is 2.57. The van der Waals surface area contributed by atoms with Crippen molar-refractivity contribution in [2.24, 2.45) is 11.8 Å². The van der Waals surface area contributed by atoms with Gasteiger partial charge in [0.15, 0.2) is 5.78 Å². The number of ketones is 1. The van der Waals surface area contributed by atoms with Gasteiger partial charge in [0.1, 0.15) is 5.60 Å². The van der Waals surface area contributed by atoms with E-state index < -0.39 is 5.60 Å². The minimum Gasteiger partial charge on any atom is -0.444 e. The molecule has 1 saturated carbocycles. The standard InChI is InChI=1S/C12H18BrNO3/c1-12(2,3)17-11(16)14-6-7-4-8(7)10(14)9(15)5-13/h7-8,10H,4-6H2,1-3H3. The molecule has 0 radical (unpaired) electrons. The number of hydrogen-bond donors (Lipinski definition) is 0. The zero-order valence-corrected chi connectivity index (χ0v) is 12.0. The Hall–Kier alpha value is -0.580. The lowest BCUT2D eigenvalue weighted by molar-refractivity contribution is -0.121. The lowest BCUT2D eigenvalue weighted by Crippen LogP contribution is -2.46. The highest BCUT2D eigenvalue weighted by atomic mass is 79.9. The van der Waals surface area contributed by atoms with Gasteiger partial charge in [-0.25, -0.2) is 4.79 Å². The van der Waals surface area contributed by atoms with E-state index in [1.165, 1.54) is 0 Å². The third kappa shape index (κ3) is 2.64. The Morgan fingerprint density at radius 1 is 1.41 bits per heavy atom. The summed E-state index contributed by atoms with van der Waals surface area (Å²) >= 11 is 3.18. The zero-order valence-electron chi connectivity index (χ0n) is 10.4. The number of halogens is 1. The van der Waals surface area contributed by atoms with Gasteiger partial charge in [-0.05, 0) is 39.0 Å². The molecule has 1 aliphatic heterocycles. The average Bonchev–Trinajstić information content (AvgIpc) is 2.86. The zero-order chi connectivity index (χ0) is 12.8. The first-order valence-electron chi connectivity index (χ1n) is 5.92. The molecule has 0 spiro atoms. The molecule has 17 heavy (non-hydrogen) atoms. The number of piperidine rings is 1. The van der Waals surface area contributed by atoms with Gasteiger partial charge in [-0.2, -0.15) is 0 Å². The van der Waals surface area contributed by atoms with Crippen molar-refractivity contribution in [3.63, 3.8) is 0 Å². The van der Waals surface area contributed by atoms with Crippen LogP contribution in [0.15, 0.2) is 0 Å². The van der Waals surface area contributed by atoms with Crippen LogP contribution in [0.25, 0.3) is 0 Å². The van der Waals surface area contributed by atoms with Crippen LogP contribution in [0.4, 0.5) is 4.79 Å². The monoisotopic (exact) mass is 303 g/mol. The fraction of sp³-hybridized carbons (Fsp3) is 0.833. The van der Waals surface area contributed by atoms with Crippen molar-refractivity contribution in [2.75, 3.05) is 11.9 Å². The maximum Gasteiger partial charge on any atom is 0.410 e. The van der Waals surface area contributed by atoms with Gasteiger partial charge in [-0.1, -0.05) is 15.9 Å². The lowest BCUT2D eigenvalue weighted by atomic mass is 10.1. The molecule has 2 fully saturated rings. The van der Waals surface area contributed by atoms with E-state index in [4.69, 9.17) is 4.74 Å². The first kappa shape index (κ1) is 12.9. The first-order valence-corrected chi connectivity index (χ1v) is 7.04. The van der Waals surface area contributed by atoms with Crippen molar-refractivity contribution in [2.45, 2.75) is 38.8 Å². The second kappa shape index (κ2) is 4.26. The van der Waals surface area contributed by atoms with Crippen LogP contribution in [0, 0.1) is 11.8 Å². The number of amides is 1. The van der Waals surface area contributed by atoms with Crippen molar-refractivity contribution >= 4 is 27.8 Å². The normalized spacial score (nSPS) is 31.1. The van der Waals surface area contributed by atoms with E-state index in [-0.39, 0.29) is 17.9 Å². The molecule has 0 aromatic carbocycles. The number of carbonyl (C=O) groups excluding carboxylic acids is 2. The summed E-state index contributed by atoms with van der Waals surface area (Å²) in [7, 11) is 0. The molecule has 0 N–H and O–H groups in total. The van der Waals surface area contributed by atoms with Gasteiger partial charge in [0.05, 0.1) is 11.4 Å². The van der Waals surface area contributed by atoms with Gasteiger partial charge in [-0.15, -0.1) is 0 Å². The topological polar surface area (TPSA) is 46.6 Å².